The number of rotatable bonds is 10. The number of aromatic nitrogens is 1. The lowest BCUT2D eigenvalue weighted by molar-refractivity contribution is 0.0277. The molecule has 1 aliphatic rings. The highest BCUT2D eigenvalue weighted by Crippen LogP contribution is 2.20. The van der Waals surface area contributed by atoms with Gasteiger partial charge in [-0.05, 0) is 31.7 Å². The molecule has 1 saturated carbocycles. The van der Waals surface area contributed by atoms with Crippen LogP contribution in [0.1, 0.15) is 57.4 Å². The second kappa shape index (κ2) is 12.5. The van der Waals surface area contributed by atoms with Gasteiger partial charge in [0.05, 0.1) is 12.7 Å². The molecule has 0 bridgehead atoms. The fraction of sp³-hybridized carbons (Fsp3) is 0.700. The molecule has 0 aliphatic heterocycles. The highest BCUT2D eigenvalue weighted by molar-refractivity contribution is 5.79. The number of hydrogen-bond donors (Lipinski definition) is 2. The summed E-state index contributed by atoms with van der Waals surface area (Å²) in [5, 5.41) is 6.66. The summed E-state index contributed by atoms with van der Waals surface area (Å²) in [5.74, 6) is 1.48. The summed E-state index contributed by atoms with van der Waals surface area (Å²) in [6.45, 7) is 5.05. The van der Waals surface area contributed by atoms with E-state index in [1.54, 1.807) is 13.2 Å². The third-order valence-corrected chi connectivity index (χ3v) is 4.48. The Bertz CT molecular complexity index is 530. The van der Waals surface area contributed by atoms with Crippen molar-refractivity contribution in [1.82, 2.24) is 15.6 Å². The summed E-state index contributed by atoms with van der Waals surface area (Å²) in [6, 6.07) is 3.95. The molecular formula is C20H34N4O2. The molecule has 2 rings (SSSR count). The largest absolute Gasteiger partial charge is 0.477 e. The van der Waals surface area contributed by atoms with Gasteiger partial charge in [0, 0.05) is 38.5 Å². The molecular weight excluding hydrogens is 328 g/mol. The fourth-order valence-electron chi connectivity index (χ4n) is 3.05. The third kappa shape index (κ3) is 7.60. The monoisotopic (exact) mass is 362 g/mol. The topological polar surface area (TPSA) is 67.8 Å². The number of hydrogen-bond acceptors (Lipinski definition) is 4. The zero-order valence-electron chi connectivity index (χ0n) is 16.3. The van der Waals surface area contributed by atoms with Crippen molar-refractivity contribution >= 4 is 5.96 Å². The lowest BCUT2D eigenvalue weighted by Gasteiger charge is -2.22. The maximum Gasteiger partial charge on any atom is 0.218 e. The van der Waals surface area contributed by atoms with E-state index in [4.69, 9.17) is 9.47 Å². The molecule has 0 radical (unpaired) electrons. The van der Waals surface area contributed by atoms with Gasteiger partial charge in [-0.2, -0.15) is 0 Å². The van der Waals surface area contributed by atoms with E-state index in [0.29, 0.717) is 25.1 Å². The molecule has 0 unspecified atom stereocenters. The zero-order chi connectivity index (χ0) is 18.5. The third-order valence-electron chi connectivity index (χ3n) is 4.48. The average Bonchev–Trinajstić information content (AvgIpc) is 2.70. The second-order valence-corrected chi connectivity index (χ2v) is 6.65. The molecule has 146 valence electrons. The van der Waals surface area contributed by atoms with Crippen molar-refractivity contribution < 1.29 is 9.47 Å². The van der Waals surface area contributed by atoms with Crippen LogP contribution in [0.4, 0.5) is 0 Å². The van der Waals surface area contributed by atoms with E-state index < -0.39 is 0 Å². The Labute approximate surface area is 157 Å². The van der Waals surface area contributed by atoms with Crippen LogP contribution < -0.4 is 15.4 Å². The van der Waals surface area contributed by atoms with Crippen molar-refractivity contribution in [3.63, 3.8) is 0 Å². The molecule has 6 nitrogen and oxygen atoms in total. The first-order valence-corrected chi connectivity index (χ1v) is 9.96. The fourth-order valence-corrected chi connectivity index (χ4v) is 3.05. The predicted molar refractivity (Wildman–Crippen MR) is 106 cm³/mol. The quantitative estimate of drug-likeness (QED) is 0.380. The molecule has 1 aromatic heterocycles. The Morgan fingerprint density at radius 2 is 2.08 bits per heavy atom. The summed E-state index contributed by atoms with van der Waals surface area (Å²) >= 11 is 0. The van der Waals surface area contributed by atoms with Crippen LogP contribution >= 0.6 is 0 Å². The molecule has 0 amide bonds. The number of nitrogens with zero attached hydrogens (tertiary/aromatic N) is 2. The Morgan fingerprint density at radius 3 is 2.85 bits per heavy atom. The van der Waals surface area contributed by atoms with Crippen molar-refractivity contribution in [3.8, 4) is 5.88 Å². The van der Waals surface area contributed by atoms with E-state index in [1.807, 2.05) is 12.1 Å². The van der Waals surface area contributed by atoms with Crippen molar-refractivity contribution in [2.75, 3.05) is 26.8 Å². The van der Waals surface area contributed by atoms with Gasteiger partial charge in [-0.1, -0.05) is 32.3 Å². The lowest BCUT2D eigenvalue weighted by Crippen LogP contribution is -2.37. The van der Waals surface area contributed by atoms with E-state index in [-0.39, 0.29) is 0 Å². The van der Waals surface area contributed by atoms with Gasteiger partial charge < -0.3 is 20.1 Å². The minimum atomic E-state index is 0.480. The highest BCUT2D eigenvalue weighted by Gasteiger charge is 2.13. The van der Waals surface area contributed by atoms with Gasteiger partial charge in [-0.25, -0.2) is 4.98 Å². The molecule has 0 atom stereocenters. The summed E-state index contributed by atoms with van der Waals surface area (Å²) in [4.78, 5) is 8.59. The van der Waals surface area contributed by atoms with Crippen LogP contribution in [0.2, 0.25) is 0 Å². The first-order valence-electron chi connectivity index (χ1n) is 9.96. The van der Waals surface area contributed by atoms with Crippen molar-refractivity contribution in [2.45, 2.75) is 64.5 Å². The highest BCUT2D eigenvalue weighted by atomic mass is 16.5. The minimum Gasteiger partial charge on any atom is -0.477 e. The van der Waals surface area contributed by atoms with Crippen LogP contribution in [0.25, 0.3) is 0 Å². The van der Waals surface area contributed by atoms with Crippen molar-refractivity contribution in [1.29, 1.82) is 0 Å². The van der Waals surface area contributed by atoms with Crippen LogP contribution in [0.3, 0.4) is 0 Å². The van der Waals surface area contributed by atoms with Gasteiger partial charge in [0.25, 0.3) is 0 Å². The van der Waals surface area contributed by atoms with Gasteiger partial charge in [0.1, 0.15) is 0 Å². The smallest absolute Gasteiger partial charge is 0.218 e. The Kier molecular flexibility index (Phi) is 9.87. The minimum absolute atomic E-state index is 0.480. The van der Waals surface area contributed by atoms with E-state index >= 15 is 0 Å². The SMILES string of the molecule is CCCOc1ncccc1CNC(=NC)NCCCOC1CCCCC1. The first kappa shape index (κ1) is 20.5. The number of nitrogens with one attached hydrogen (secondary N) is 2. The predicted octanol–water partition coefficient (Wildman–Crippen LogP) is 3.27. The van der Waals surface area contributed by atoms with Crippen LogP contribution in [-0.2, 0) is 11.3 Å². The Hall–Kier alpha value is -1.82. The van der Waals surface area contributed by atoms with Gasteiger partial charge in [0.15, 0.2) is 5.96 Å². The normalized spacial score (nSPS) is 15.7. The average molecular weight is 363 g/mol. The van der Waals surface area contributed by atoms with E-state index in [9.17, 15) is 0 Å². The van der Waals surface area contributed by atoms with Gasteiger partial charge in [0.2, 0.25) is 5.88 Å². The van der Waals surface area contributed by atoms with Crippen molar-refractivity contribution in [2.24, 2.45) is 4.99 Å². The van der Waals surface area contributed by atoms with Gasteiger partial charge >= 0.3 is 0 Å². The Morgan fingerprint density at radius 1 is 1.23 bits per heavy atom. The van der Waals surface area contributed by atoms with Gasteiger partial charge in [-0.15, -0.1) is 0 Å². The first-order chi connectivity index (χ1) is 12.8. The van der Waals surface area contributed by atoms with Crippen molar-refractivity contribution in [3.05, 3.63) is 23.9 Å². The van der Waals surface area contributed by atoms with Crippen LogP contribution in [0.5, 0.6) is 5.88 Å². The number of guanidine groups is 1. The molecule has 0 spiro atoms. The molecule has 1 fully saturated rings. The second-order valence-electron chi connectivity index (χ2n) is 6.65. The van der Waals surface area contributed by atoms with E-state index in [2.05, 4.69) is 27.5 Å². The van der Waals surface area contributed by atoms with Crippen LogP contribution in [0.15, 0.2) is 23.3 Å². The summed E-state index contributed by atoms with van der Waals surface area (Å²) in [7, 11) is 1.78. The molecule has 2 N–H and O–H groups in total. The Balaban J connectivity index is 1.64. The maximum atomic E-state index is 5.96. The van der Waals surface area contributed by atoms with Gasteiger partial charge in [-0.3, -0.25) is 4.99 Å². The maximum absolute atomic E-state index is 5.96. The summed E-state index contributed by atoms with van der Waals surface area (Å²) in [6.07, 6.45) is 10.6. The molecule has 0 aromatic carbocycles. The van der Waals surface area contributed by atoms with E-state index in [0.717, 1.165) is 37.5 Å². The molecule has 1 aliphatic carbocycles. The number of aliphatic imine (C=N–C) groups is 1. The van der Waals surface area contributed by atoms with Crippen LogP contribution in [0, 0.1) is 0 Å². The molecule has 1 aromatic rings. The molecule has 1 heterocycles. The number of ether oxygens (including phenoxy) is 2. The molecule has 26 heavy (non-hydrogen) atoms. The molecule has 0 saturated heterocycles. The zero-order valence-corrected chi connectivity index (χ0v) is 16.3. The van der Waals surface area contributed by atoms with E-state index in [1.165, 1.54) is 32.1 Å². The van der Waals surface area contributed by atoms with Crippen LogP contribution in [-0.4, -0.2) is 43.9 Å². The number of pyridine rings is 1. The summed E-state index contributed by atoms with van der Waals surface area (Å²) < 4.78 is 11.7. The summed E-state index contributed by atoms with van der Waals surface area (Å²) in [5.41, 5.74) is 1.03. The standard InChI is InChI=1S/C20H34N4O2/c1-3-14-26-19-17(9-7-12-22-19)16-24-20(21-2)23-13-8-15-25-18-10-5-4-6-11-18/h7,9,12,18H,3-6,8,10-11,13-16H2,1-2H3,(H2,21,23,24). The molecule has 6 heteroatoms. The lowest BCUT2D eigenvalue weighted by atomic mass is 9.98.